The van der Waals surface area contributed by atoms with Crippen molar-refractivity contribution >= 4 is 0 Å². The molecule has 0 amide bonds. The Kier molecular flexibility index (Phi) is 5.40. The van der Waals surface area contributed by atoms with E-state index in [1.165, 1.54) is 0 Å². The van der Waals surface area contributed by atoms with E-state index in [0.717, 1.165) is 39.0 Å². The Bertz CT molecular complexity index is 149. The summed E-state index contributed by atoms with van der Waals surface area (Å²) in [6, 6.07) is 0. The van der Waals surface area contributed by atoms with E-state index in [1.807, 2.05) is 4.90 Å². The van der Waals surface area contributed by atoms with Crippen LogP contribution in [0.15, 0.2) is 0 Å². The Balaban J connectivity index is 2.26. The molecule has 2 atom stereocenters. The lowest BCUT2D eigenvalue weighted by atomic mass is 10.1. The molecule has 2 unspecified atom stereocenters. The van der Waals surface area contributed by atoms with Crippen LogP contribution >= 0.6 is 0 Å². The summed E-state index contributed by atoms with van der Waals surface area (Å²) in [6.45, 7) is 5.54. The normalized spacial score (nSPS) is 23.4. The molecule has 3 N–H and O–H groups in total. The molecular weight excluding hydrogens is 180 g/mol. The second-order valence-electron chi connectivity index (χ2n) is 3.91. The van der Waals surface area contributed by atoms with E-state index in [-0.39, 0.29) is 0 Å². The third-order valence-electron chi connectivity index (χ3n) is 2.72. The molecule has 14 heavy (non-hydrogen) atoms. The van der Waals surface area contributed by atoms with Crippen molar-refractivity contribution in [1.82, 2.24) is 10.2 Å². The van der Waals surface area contributed by atoms with Gasteiger partial charge >= 0.3 is 0 Å². The number of nitrogens with one attached hydrogen (secondary N) is 1. The standard InChI is InChI=1S/C10H22N2O2/c1-2-3-4-9(13)10(14)12-7-5-11-6-8-12/h9-11,13-14H,2-8H2,1H3. The molecule has 1 fully saturated rings. The van der Waals surface area contributed by atoms with E-state index < -0.39 is 12.3 Å². The molecule has 0 aliphatic carbocycles. The molecule has 0 bridgehead atoms. The minimum atomic E-state index is -0.677. The first-order valence-corrected chi connectivity index (χ1v) is 5.56. The number of aliphatic hydroxyl groups excluding tert-OH is 2. The van der Waals surface area contributed by atoms with Gasteiger partial charge < -0.3 is 15.5 Å². The third-order valence-corrected chi connectivity index (χ3v) is 2.72. The third kappa shape index (κ3) is 3.53. The molecule has 0 aromatic heterocycles. The SMILES string of the molecule is CCCCC(O)C(O)N1CCNCC1. The van der Waals surface area contributed by atoms with Gasteiger partial charge in [-0.2, -0.15) is 0 Å². The maximum absolute atomic E-state index is 9.82. The molecule has 1 rings (SSSR count). The van der Waals surface area contributed by atoms with Crippen LogP contribution < -0.4 is 5.32 Å². The molecule has 4 nitrogen and oxygen atoms in total. The maximum atomic E-state index is 9.82. The van der Waals surface area contributed by atoms with E-state index in [4.69, 9.17) is 0 Å². The molecule has 1 aliphatic rings. The lowest BCUT2D eigenvalue weighted by Crippen LogP contribution is -2.52. The summed E-state index contributed by atoms with van der Waals surface area (Å²) < 4.78 is 0. The van der Waals surface area contributed by atoms with Crippen LogP contribution in [-0.2, 0) is 0 Å². The van der Waals surface area contributed by atoms with Crippen molar-refractivity contribution in [2.24, 2.45) is 0 Å². The number of piperazine rings is 1. The molecule has 0 saturated carbocycles. The summed E-state index contributed by atoms with van der Waals surface area (Å²) in [5.74, 6) is 0. The van der Waals surface area contributed by atoms with Gasteiger partial charge in [-0.1, -0.05) is 19.8 Å². The Hall–Kier alpha value is -0.160. The zero-order valence-electron chi connectivity index (χ0n) is 8.95. The Labute approximate surface area is 85.9 Å². The molecule has 1 aliphatic heterocycles. The molecule has 0 aromatic rings. The van der Waals surface area contributed by atoms with Gasteiger partial charge in [0.2, 0.25) is 0 Å². The van der Waals surface area contributed by atoms with E-state index in [2.05, 4.69) is 12.2 Å². The van der Waals surface area contributed by atoms with Gasteiger partial charge in [-0.25, -0.2) is 0 Å². The topological polar surface area (TPSA) is 55.7 Å². The highest BCUT2D eigenvalue weighted by atomic mass is 16.3. The number of unbranched alkanes of at least 4 members (excludes halogenated alkanes) is 1. The molecule has 84 valence electrons. The highest BCUT2D eigenvalue weighted by molar-refractivity contribution is 4.74. The molecule has 0 radical (unpaired) electrons. The van der Waals surface area contributed by atoms with E-state index in [1.54, 1.807) is 0 Å². The van der Waals surface area contributed by atoms with E-state index in [9.17, 15) is 10.2 Å². The van der Waals surface area contributed by atoms with Crippen LogP contribution in [0, 0.1) is 0 Å². The largest absolute Gasteiger partial charge is 0.389 e. The Morgan fingerprint density at radius 3 is 2.50 bits per heavy atom. The zero-order valence-corrected chi connectivity index (χ0v) is 8.95. The van der Waals surface area contributed by atoms with Gasteiger partial charge in [0.05, 0.1) is 6.10 Å². The highest BCUT2D eigenvalue weighted by Gasteiger charge is 2.24. The molecule has 4 heteroatoms. The number of aliphatic hydroxyl groups is 2. The lowest BCUT2D eigenvalue weighted by molar-refractivity contribution is -0.0896. The van der Waals surface area contributed by atoms with Crippen molar-refractivity contribution in [3.8, 4) is 0 Å². The summed E-state index contributed by atoms with van der Waals surface area (Å²) >= 11 is 0. The van der Waals surface area contributed by atoms with Gasteiger partial charge in [-0.3, -0.25) is 4.90 Å². The quantitative estimate of drug-likeness (QED) is 0.576. The van der Waals surface area contributed by atoms with Gasteiger partial charge in [0, 0.05) is 26.2 Å². The van der Waals surface area contributed by atoms with E-state index in [0.29, 0.717) is 6.42 Å². The average molecular weight is 202 g/mol. The fourth-order valence-electron chi connectivity index (χ4n) is 1.75. The van der Waals surface area contributed by atoms with Crippen LogP contribution in [0.1, 0.15) is 26.2 Å². The fraction of sp³-hybridized carbons (Fsp3) is 1.00. The first-order chi connectivity index (χ1) is 6.75. The first-order valence-electron chi connectivity index (χ1n) is 5.56. The van der Waals surface area contributed by atoms with Crippen molar-refractivity contribution in [2.75, 3.05) is 26.2 Å². The predicted molar refractivity (Wildman–Crippen MR) is 56.0 cm³/mol. The van der Waals surface area contributed by atoms with Crippen LogP contribution in [0.3, 0.4) is 0 Å². The van der Waals surface area contributed by atoms with Crippen molar-refractivity contribution < 1.29 is 10.2 Å². The molecule has 1 heterocycles. The average Bonchev–Trinajstić information content (AvgIpc) is 2.26. The zero-order chi connectivity index (χ0) is 10.4. The highest BCUT2D eigenvalue weighted by Crippen LogP contribution is 2.09. The van der Waals surface area contributed by atoms with Crippen LogP contribution in [0.4, 0.5) is 0 Å². The summed E-state index contributed by atoms with van der Waals surface area (Å²) in [6.07, 6.45) is 1.47. The lowest BCUT2D eigenvalue weighted by Gasteiger charge is -2.34. The Morgan fingerprint density at radius 2 is 1.93 bits per heavy atom. The minimum Gasteiger partial charge on any atom is -0.389 e. The van der Waals surface area contributed by atoms with Gasteiger partial charge in [0.25, 0.3) is 0 Å². The minimum absolute atomic E-state index is 0.590. The predicted octanol–water partition coefficient (Wildman–Crippen LogP) is -0.239. The molecule has 0 spiro atoms. The van der Waals surface area contributed by atoms with Crippen LogP contribution in [0.5, 0.6) is 0 Å². The van der Waals surface area contributed by atoms with Gasteiger partial charge in [0.15, 0.2) is 0 Å². The van der Waals surface area contributed by atoms with Gasteiger partial charge in [-0.05, 0) is 6.42 Å². The maximum Gasteiger partial charge on any atom is 0.133 e. The molecule has 0 aromatic carbocycles. The number of rotatable bonds is 5. The van der Waals surface area contributed by atoms with Gasteiger partial charge in [0.1, 0.15) is 6.23 Å². The molecule has 1 saturated heterocycles. The molecular formula is C10H22N2O2. The van der Waals surface area contributed by atoms with Gasteiger partial charge in [-0.15, -0.1) is 0 Å². The number of hydrogen-bond acceptors (Lipinski definition) is 4. The Morgan fingerprint density at radius 1 is 1.29 bits per heavy atom. The number of hydrogen-bond donors (Lipinski definition) is 3. The smallest absolute Gasteiger partial charge is 0.133 e. The number of nitrogens with zero attached hydrogens (tertiary/aromatic N) is 1. The van der Waals surface area contributed by atoms with Crippen molar-refractivity contribution in [1.29, 1.82) is 0 Å². The van der Waals surface area contributed by atoms with Crippen LogP contribution in [0.2, 0.25) is 0 Å². The fourth-order valence-corrected chi connectivity index (χ4v) is 1.75. The monoisotopic (exact) mass is 202 g/mol. The second kappa shape index (κ2) is 6.35. The van der Waals surface area contributed by atoms with Crippen molar-refractivity contribution in [3.63, 3.8) is 0 Å². The summed E-state index contributed by atoms with van der Waals surface area (Å²) in [4.78, 5) is 1.94. The summed E-state index contributed by atoms with van der Waals surface area (Å²) in [5.41, 5.74) is 0. The first kappa shape index (κ1) is 11.9. The van der Waals surface area contributed by atoms with Crippen LogP contribution in [0.25, 0.3) is 0 Å². The van der Waals surface area contributed by atoms with Crippen molar-refractivity contribution in [3.05, 3.63) is 0 Å². The summed E-state index contributed by atoms with van der Waals surface area (Å²) in [7, 11) is 0. The second-order valence-corrected chi connectivity index (χ2v) is 3.91. The summed E-state index contributed by atoms with van der Waals surface area (Å²) in [5, 5.41) is 22.7. The van der Waals surface area contributed by atoms with Crippen molar-refractivity contribution in [2.45, 2.75) is 38.5 Å². The van der Waals surface area contributed by atoms with E-state index >= 15 is 0 Å². The van der Waals surface area contributed by atoms with Crippen LogP contribution in [-0.4, -0.2) is 53.6 Å².